The van der Waals surface area contributed by atoms with E-state index in [0.29, 0.717) is 11.1 Å². The lowest BCUT2D eigenvalue weighted by Crippen LogP contribution is -2.43. The SMILES string of the molecule is CC(C)(C)c1ccc(-c2cccc3c2C=C(C2CC2)C3[Si](C)(C)C2C(C3CC3)=Cc3c(-c4ccc(C(C)(C)C)cc4)cccc32)cc1. The molecule has 4 aliphatic rings. The van der Waals surface area contributed by atoms with Gasteiger partial charge in [0, 0.05) is 11.1 Å². The van der Waals surface area contributed by atoms with Crippen molar-refractivity contribution in [3.05, 3.63) is 129 Å². The predicted molar refractivity (Wildman–Crippen MR) is 206 cm³/mol. The Labute approximate surface area is 285 Å². The van der Waals surface area contributed by atoms with Gasteiger partial charge in [-0.05, 0) is 104 Å². The van der Waals surface area contributed by atoms with Gasteiger partial charge in [-0.2, -0.15) is 0 Å². The molecule has 4 aromatic carbocycles. The third-order valence-electron chi connectivity index (χ3n) is 11.9. The number of hydrogen-bond donors (Lipinski definition) is 0. The maximum Gasteiger partial charge on any atom is 0.0722 e. The molecule has 0 aliphatic heterocycles. The summed E-state index contributed by atoms with van der Waals surface area (Å²) in [5, 5.41) is 0. The molecule has 4 aliphatic carbocycles. The minimum atomic E-state index is -1.96. The van der Waals surface area contributed by atoms with Crippen molar-refractivity contribution in [2.24, 2.45) is 11.8 Å². The molecule has 0 spiro atoms. The van der Waals surface area contributed by atoms with Gasteiger partial charge in [-0.1, -0.05) is 163 Å². The lowest BCUT2D eigenvalue weighted by molar-refractivity contribution is 0.590. The zero-order valence-electron chi connectivity index (χ0n) is 29.9. The normalized spacial score (nSPS) is 20.9. The van der Waals surface area contributed by atoms with Gasteiger partial charge in [-0.3, -0.25) is 0 Å². The molecule has 0 nitrogen and oxygen atoms in total. The number of rotatable bonds is 6. The molecule has 2 unspecified atom stereocenters. The van der Waals surface area contributed by atoms with Crippen LogP contribution < -0.4 is 0 Å². The van der Waals surface area contributed by atoms with Crippen molar-refractivity contribution in [3.8, 4) is 22.3 Å². The van der Waals surface area contributed by atoms with Gasteiger partial charge >= 0.3 is 0 Å². The van der Waals surface area contributed by atoms with Crippen molar-refractivity contribution in [3.63, 3.8) is 0 Å². The third kappa shape index (κ3) is 5.34. The monoisotopic (exact) mass is 632 g/mol. The van der Waals surface area contributed by atoms with Crippen molar-refractivity contribution in [1.82, 2.24) is 0 Å². The van der Waals surface area contributed by atoms with Crippen LogP contribution in [-0.2, 0) is 10.8 Å². The van der Waals surface area contributed by atoms with Crippen molar-refractivity contribution >= 4 is 20.2 Å². The highest BCUT2D eigenvalue weighted by Gasteiger charge is 2.53. The van der Waals surface area contributed by atoms with E-state index < -0.39 is 8.07 Å². The van der Waals surface area contributed by atoms with Crippen LogP contribution in [0.4, 0.5) is 0 Å². The van der Waals surface area contributed by atoms with Crippen LogP contribution in [0.25, 0.3) is 34.4 Å². The van der Waals surface area contributed by atoms with E-state index >= 15 is 0 Å². The third-order valence-corrected chi connectivity index (χ3v) is 16.2. The van der Waals surface area contributed by atoms with Gasteiger partial charge in [-0.15, -0.1) is 0 Å². The number of fused-ring (bicyclic) bond motifs is 2. The fourth-order valence-corrected chi connectivity index (χ4v) is 13.8. The largest absolute Gasteiger partial charge is 0.0722 e. The second-order valence-electron chi connectivity index (χ2n) is 17.8. The van der Waals surface area contributed by atoms with E-state index in [0.717, 1.165) is 11.8 Å². The zero-order chi connectivity index (χ0) is 32.9. The Hall–Kier alpha value is -3.42. The predicted octanol–water partition coefficient (Wildman–Crippen LogP) is 12.9. The van der Waals surface area contributed by atoms with E-state index in [-0.39, 0.29) is 10.8 Å². The van der Waals surface area contributed by atoms with Crippen molar-refractivity contribution in [2.45, 2.75) is 102 Å². The first-order chi connectivity index (χ1) is 22.3. The first kappa shape index (κ1) is 30.9. The lowest BCUT2D eigenvalue weighted by Gasteiger charge is -2.40. The minimum absolute atomic E-state index is 0.164. The molecule has 0 saturated heterocycles. The van der Waals surface area contributed by atoms with Crippen LogP contribution in [0, 0.1) is 11.8 Å². The molecule has 0 bridgehead atoms. The second kappa shape index (κ2) is 10.8. The topological polar surface area (TPSA) is 0 Å². The van der Waals surface area contributed by atoms with Crippen LogP contribution in [0.2, 0.25) is 13.1 Å². The molecule has 8 rings (SSSR count). The Morgan fingerprint density at radius 3 is 1.17 bits per heavy atom. The Balaban J connectivity index is 1.22. The van der Waals surface area contributed by atoms with Crippen LogP contribution in [0.3, 0.4) is 0 Å². The Morgan fingerprint density at radius 2 is 0.851 bits per heavy atom. The first-order valence-corrected chi connectivity index (χ1v) is 21.4. The van der Waals surface area contributed by atoms with Gasteiger partial charge in [0.05, 0.1) is 8.07 Å². The van der Waals surface area contributed by atoms with Crippen molar-refractivity contribution < 1.29 is 0 Å². The maximum absolute atomic E-state index is 2.74. The Bertz CT molecular complexity index is 1770. The summed E-state index contributed by atoms with van der Waals surface area (Å²) in [4.78, 5) is 0. The number of benzene rings is 4. The van der Waals surface area contributed by atoms with Gasteiger partial charge in [0.25, 0.3) is 0 Å². The quantitative estimate of drug-likeness (QED) is 0.186. The van der Waals surface area contributed by atoms with Crippen LogP contribution >= 0.6 is 0 Å². The highest BCUT2D eigenvalue weighted by Crippen LogP contribution is 2.61. The van der Waals surface area contributed by atoms with Crippen LogP contribution in [0.5, 0.6) is 0 Å². The van der Waals surface area contributed by atoms with Gasteiger partial charge in [-0.25, -0.2) is 0 Å². The van der Waals surface area contributed by atoms with Gasteiger partial charge in [0.15, 0.2) is 0 Å². The summed E-state index contributed by atoms with van der Waals surface area (Å²) in [5.41, 5.74) is 19.5. The molecule has 0 heterocycles. The van der Waals surface area contributed by atoms with E-state index in [9.17, 15) is 0 Å². The molecule has 240 valence electrons. The molecule has 4 aromatic rings. The molecule has 2 atom stereocenters. The summed E-state index contributed by atoms with van der Waals surface area (Å²) in [6, 6.07) is 33.3. The smallest absolute Gasteiger partial charge is 0.0679 e. The summed E-state index contributed by atoms with van der Waals surface area (Å²) in [6.45, 7) is 19.3. The van der Waals surface area contributed by atoms with Crippen LogP contribution in [-0.4, -0.2) is 8.07 Å². The molecule has 0 N–H and O–H groups in total. The Morgan fingerprint density at radius 1 is 0.489 bits per heavy atom. The van der Waals surface area contributed by atoms with E-state index in [4.69, 9.17) is 0 Å². The zero-order valence-corrected chi connectivity index (χ0v) is 30.9. The molecule has 47 heavy (non-hydrogen) atoms. The van der Waals surface area contributed by atoms with Crippen LogP contribution in [0.15, 0.2) is 96.1 Å². The Kier molecular flexibility index (Phi) is 7.09. The maximum atomic E-state index is 2.74. The van der Waals surface area contributed by atoms with E-state index in [1.165, 1.54) is 70.2 Å². The minimum Gasteiger partial charge on any atom is -0.0679 e. The fourth-order valence-electron chi connectivity index (χ4n) is 9.02. The molecule has 2 fully saturated rings. The average Bonchev–Trinajstić information content (AvgIpc) is 3.98. The molecule has 0 amide bonds. The average molecular weight is 633 g/mol. The van der Waals surface area contributed by atoms with E-state index in [2.05, 4.69) is 152 Å². The molecule has 2 saturated carbocycles. The fraction of sp³-hybridized carbons (Fsp3) is 0.391. The summed E-state index contributed by atoms with van der Waals surface area (Å²) >= 11 is 0. The molecule has 0 radical (unpaired) electrons. The molecular weight excluding hydrogens is 581 g/mol. The standard InChI is InChI=1S/C46H52Si/c1-45(2,3)33-23-19-29(20-24-33)35-11-9-13-37-41(35)27-39(31-15-16-31)43(37)47(7,8)44-38-14-10-12-36(42(38)28-40(44)32-17-18-32)30-21-25-34(26-22-30)46(4,5)6/h9-14,19-28,31-32,43-44H,15-18H2,1-8H3. The van der Waals surface area contributed by atoms with Gasteiger partial charge in [0.1, 0.15) is 0 Å². The lowest BCUT2D eigenvalue weighted by atomic mass is 9.86. The van der Waals surface area contributed by atoms with Crippen LogP contribution in [0.1, 0.15) is 112 Å². The summed E-state index contributed by atoms with van der Waals surface area (Å²) in [6.07, 6.45) is 10.8. The summed E-state index contributed by atoms with van der Waals surface area (Å²) in [5.74, 6) is 1.52. The highest BCUT2D eigenvalue weighted by atomic mass is 28.3. The number of hydrogen-bond acceptors (Lipinski definition) is 0. The molecular formula is C46H52Si. The van der Waals surface area contributed by atoms with Gasteiger partial charge in [0.2, 0.25) is 0 Å². The summed E-state index contributed by atoms with van der Waals surface area (Å²) in [7, 11) is -1.96. The highest BCUT2D eigenvalue weighted by molar-refractivity contribution is 6.81. The van der Waals surface area contributed by atoms with E-state index in [1.54, 1.807) is 22.3 Å². The second-order valence-corrected chi connectivity index (χ2v) is 22.6. The number of allylic oxidation sites excluding steroid dienone is 2. The summed E-state index contributed by atoms with van der Waals surface area (Å²) < 4.78 is 0. The van der Waals surface area contributed by atoms with E-state index in [1.807, 2.05) is 0 Å². The van der Waals surface area contributed by atoms with Gasteiger partial charge < -0.3 is 0 Å². The van der Waals surface area contributed by atoms with Crippen molar-refractivity contribution in [2.75, 3.05) is 0 Å². The first-order valence-electron chi connectivity index (χ1n) is 18.2. The molecule has 0 aromatic heterocycles. The molecule has 1 heteroatoms. The van der Waals surface area contributed by atoms with Crippen molar-refractivity contribution in [1.29, 1.82) is 0 Å².